The number of hydrogen-bond donors (Lipinski definition) is 2. The first-order valence-electron chi connectivity index (χ1n) is 7.76. The van der Waals surface area contributed by atoms with E-state index in [1.807, 2.05) is 55.5 Å². The van der Waals surface area contributed by atoms with Crippen molar-refractivity contribution in [2.24, 2.45) is 0 Å². The molecule has 0 saturated carbocycles. The van der Waals surface area contributed by atoms with E-state index in [-0.39, 0.29) is 10.8 Å². The van der Waals surface area contributed by atoms with E-state index in [4.69, 9.17) is 0 Å². The van der Waals surface area contributed by atoms with Crippen molar-refractivity contribution in [1.82, 2.24) is 10.2 Å². The topological polar surface area (TPSA) is 74.8 Å². The first-order chi connectivity index (χ1) is 12.1. The monoisotopic (exact) mass is 351 g/mol. The standard InChI is InChI=1S/C19H17N3O2S/c1-13-2-4-14(5-3-13)12-25-19(24)20-16-8-6-15(7-9-16)17-10-11-18(23)22-21-17/h2-11H,12H2,1H3,(H,20,24)(H,22,23). The average molecular weight is 351 g/mol. The van der Waals surface area contributed by atoms with Gasteiger partial charge in [0.2, 0.25) is 0 Å². The van der Waals surface area contributed by atoms with Crippen LogP contribution in [-0.2, 0) is 5.75 Å². The van der Waals surface area contributed by atoms with Crippen LogP contribution in [0.15, 0.2) is 65.5 Å². The molecule has 1 heterocycles. The van der Waals surface area contributed by atoms with E-state index in [1.165, 1.54) is 23.4 Å². The molecule has 0 saturated heterocycles. The molecule has 3 rings (SSSR count). The van der Waals surface area contributed by atoms with Crippen LogP contribution in [0.2, 0.25) is 0 Å². The number of aryl methyl sites for hydroxylation is 1. The van der Waals surface area contributed by atoms with Gasteiger partial charge in [0.1, 0.15) is 0 Å². The van der Waals surface area contributed by atoms with Crippen molar-refractivity contribution in [2.45, 2.75) is 12.7 Å². The van der Waals surface area contributed by atoms with Gasteiger partial charge in [-0.3, -0.25) is 9.59 Å². The number of nitrogens with zero attached hydrogens (tertiary/aromatic N) is 1. The molecule has 0 bridgehead atoms. The molecule has 0 atom stereocenters. The van der Waals surface area contributed by atoms with Gasteiger partial charge >= 0.3 is 0 Å². The minimum atomic E-state index is -0.238. The van der Waals surface area contributed by atoms with Gasteiger partial charge in [-0.25, -0.2) is 5.10 Å². The molecule has 0 aliphatic heterocycles. The number of amides is 1. The third-order valence-electron chi connectivity index (χ3n) is 3.60. The molecule has 25 heavy (non-hydrogen) atoms. The summed E-state index contributed by atoms with van der Waals surface area (Å²) >= 11 is 1.23. The summed E-state index contributed by atoms with van der Waals surface area (Å²) in [5.74, 6) is 0.630. The summed E-state index contributed by atoms with van der Waals surface area (Å²) in [6, 6.07) is 18.5. The van der Waals surface area contributed by atoms with Crippen molar-refractivity contribution in [2.75, 3.05) is 5.32 Å². The van der Waals surface area contributed by atoms with E-state index >= 15 is 0 Å². The van der Waals surface area contributed by atoms with Crippen LogP contribution in [0, 0.1) is 6.92 Å². The summed E-state index contributed by atoms with van der Waals surface area (Å²) in [6.45, 7) is 2.04. The van der Waals surface area contributed by atoms with Crippen LogP contribution in [0.1, 0.15) is 11.1 Å². The number of nitrogens with one attached hydrogen (secondary N) is 2. The normalized spacial score (nSPS) is 10.4. The van der Waals surface area contributed by atoms with Gasteiger partial charge in [0.05, 0.1) is 5.69 Å². The molecule has 3 aromatic rings. The lowest BCUT2D eigenvalue weighted by Crippen LogP contribution is -2.06. The molecular weight excluding hydrogens is 334 g/mol. The molecule has 0 aliphatic rings. The zero-order valence-electron chi connectivity index (χ0n) is 13.7. The number of H-pyrrole nitrogens is 1. The van der Waals surface area contributed by atoms with E-state index < -0.39 is 0 Å². The lowest BCUT2D eigenvalue weighted by molar-refractivity contribution is 0.269. The van der Waals surface area contributed by atoms with Crippen molar-refractivity contribution >= 4 is 22.7 Å². The maximum atomic E-state index is 12.0. The zero-order chi connectivity index (χ0) is 17.6. The summed E-state index contributed by atoms with van der Waals surface area (Å²) in [5, 5.41) is 9.14. The maximum Gasteiger partial charge on any atom is 0.283 e. The fourth-order valence-corrected chi connectivity index (χ4v) is 2.90. The minimum absolute atomic E-state index is 0.101. The molecule has 0 fully saturated rings. The molecule has 0 spiro atoms. The van der Waals surface area contributed by atoms with Crippen LogP contribution in [0.4, 0.5) is 10.5 Å². The van der Waals surface area contributed by atoms with Gasteiger partial charge in [-0.05, 0) is 30.7 Å². The predicted molar refractivity (Wildman–Crippen MR) is 102 cm³/mol. The minimum Gasteiger partial charge on any atom is -0.317 e. The number of carbonyl (C=O) groups excluding carboxylic acids is 1. The van der Waals surface area contributed by atoms with Crippen LogP contribution < -0.4 is 10.9 Å². The highest BCUT2D eigenvalue weighted by atomic mass is 32.2. The Kier molecular flexibility index (Phi) is 5.30. The predicted octanol–water partition coefficient (Wildman–Crippen LogP) is 4.21. The zero-order valence-corrected chi connectivity index (χ0v) is 14.5. The number of benzene rings is 2. The van der Waals surface area contributed by atoms with Gasteiger partial charge in [-0.2, -0.15) is 5.10 Å². The highest BCUT2D eigenvalue weighted by molar-refractivity contribution is 8.13. The molecule has 1 amide bonds. The van der Waals surface area contributed by atoms with Gasteiger partial charge < -0.3 is 5.32 Å². The van der Waals surface area contributed by atoms with Gasteiger partial charge in [0.15, 0.2) is 0 Å². The van der Waals surface area contributed by atoms with Crippen molar-refractivity contribution in [3.63, 3.8) is 0 Å². The summed E-state index contributed by atoms with van der Waals surface area (Å²) in [6.07, 6.45) is 0. The van der Waals surface area contributed by atoms with E-state index in [2.05, 4.69) is 15.5 Å². The van der Waals surface area contributed by atoms with E-state index in [0.29, 0.717) is 11.4 Å². The SMILES string of the molecule is Cc1ccc(CSC(=O)Nc2ccc(-c3ccc(=O)[nH]n3)cc2)cc1. The summed E-state index contributed by atoms with van der Waals surface area (Å²) in [7, 11) is 0. The van der Waals surface area contributed by atoms with Crippen LogP contribution >= 0.6 is 11.8 Å². The van der Waals surface area contributed by atoms with Crippen LogP contribution in [-0.4, -0.2) is 15.4 Å². The van der Waals surface area contributed by atoms with Gasteiger partial charge in [0, 0.05) is 23.1 Å². The Bertz CT molecular complexity index is 898. The molecule has 0 aliphatic carbocycles. The number of aromatic amines is 1. The maximum absolute atomic E-state index is 12.0. The van der Waals surface area contributed by atoms with Crippen molar-refractivity contribution in [3.05, 3.63) is 82.1 Å². The fourth-order valence-electron chi connectivity index (χ4n) is 2.22. The molecule has 2 aromatic carbocycles. The molecule has 2 N–H and O–H groups in total. The number of thioether (sulfide) groups is 1. The Morgan fingerprint density at radius 3 is 2.40 bits per heavy atom. The first kappa shape index (κ1) is 17.0. The third-order valence-corrected chi connectivity index (χ3v) is 4.44. The molecule has 0 unspecified atom stereocenters. The second-order valence-electron chi connectivity index (χ2n) is 5.57. The van der Waals surface area contributed by atoms with Gasteiger partial charge in [-0.15, -0.1) is 0 Å². The smallest absolute Gasteiger partial charge is 0.283 e. The molecule has 5 nitrogen and oxygen atoms in total. The molecule has 6 heteroatoms. The first-order valence-corrected chi connectivity index (χ1v) is 8.74. The van der Waals surface area contributed by atoms with Crippen LogP contribution in [0.3, 0.4) is 0 Å². The quantitative estimate of drug-likeness (QED) is 0.738. The average Bonchev–Trinajstić information content (AvgIpc) is 2.63. The highest BCUT2D eigenvalue weighted by Crippen LogP contribution is 2.20. The third kappa shape index (κ3) is 4.81. The molecule has 0 radical (unpaired) electrons. The number of rotatable bonds is 4. The Balaban J connectivity index is 1.57. The molecule has 126 valence electrons. The van der Waals surface area contributed by atoms with E-state index in [0.717, 1.165) is 16.8 Å². The molecular formula is C19H17N3O2S. The van der Waals surface area contributed by atoms with Crippen molar-refractivity contribution in [1.29, 1.82) is 0 Å². The van der Waals surface area contributed by atoms with Crippen molar-refractivity contribution < 1.29 is 4.79 Å². The summed E-state index contributed by atoms with van der Waals surface area (Å²) < 4.78 is 0. The van der Waals surface area contributed by atoms with E-state index in [1.54, 1.807) is 6.07 Å². The Labute approximate surface area is 149 Å². The Hall–Kier alpha value is -2.86. The lowest BCUT2D eigenvalue weighted by Gasteiger charge is -2.06. The van der Waals surface area contributed by atoms with Crippen molar-refractivity contribution in [3.8, 4) is 11.3 Å². The Morgan fingerprint density at radius 2 is 1.76 bits per heavy atom. The van der Waals surface area contributed by atoms with Crippen LogP contribution in [0.25, 0.3) is 11.3 Å². The van der Waals surface area contributed by atoms with Crippen LogP contribution in [0.5, 0.6) is 0 Å². The fraction of sp³-hybridized carbons (Fsp3) is 0.105. The molecule has 1 aromatic heterocycles. The number of hydrogen-bond acceptors (Lipinski definition) is 4. The highest BCUT2D eigenvalue weighted by Gasteiger charge is 2.05. The van der Waals surface area contributed by atoms with Gasteiger partial charge in [-0.1, -0.05) is 53.7 Å². The largest absolute Gasteiger partial charge is 0.317 e. The second kappa shape index (κ2) is 7.81. The summed E-state index contributed by atoms with van der Waals surface area (Å²) in [4.78, 5) is 23.1. The van der Waals surface area contributed by atoms with E-state index in [9.17, 15) is 9.59 Å². The number of carbonyl (C=O) groups is 1. The lowest BCUT2D eigenvalue weighted by atomic mass is 10.1. The number of anilines is 1. The Morgan fingerprint density at radius 1 is 1.04 bits per heavy atom. The summed E-state index contributed by atoms with van der Waals surface area (Å²) in [5.41, 5.74) is 4.33. The van der Waals surface area contributed by atoms with Gasteiger partial charge in [0.25, 0.3) is 10.8 Å². The number of aromatic nitrogens is 2. The second-order valence-corrected chi connectivity index (χ2v) is 6.52.